The van der Waals surface area contributed by atoms with E-state index in [-0.39, 0.29) is 16.7 Å². The van der Waals surface area contributed by atoms with Crippen molar-refractivity contribution in [3.63, 3.8) is 0 Å². The molecule has 1 aliphatic carbocycles. The molecule has 1 aromatic carbocycles. The van der Waals surface area contributed by atoms with Gasteiger partial charge in [0.05, 0.1) is 6.61 Å². The van der Waals surface area contributed by atoms with Crippen LogP contribution in [0.5, 0.6) is 5.75 Å². The van der Waals surface area contributed by atoms with Gasteiger partial charge in [0.25, 0.3) is 0 Å². The number of carbonyl (C=O) groups excluding carboxylic acids is 1. The molecule has 0 bridgehead atoms. The molecule has 3 rings (SSSR count). The minimum absolute atomic E-state index is 0.0157. The van der Waals surface area contributed by atoms with Gasteiger partial charge in [-0.3, -0.25) is 4.79 Å². The highest BCUT2D eigenvalue weighted by molar-refractivity contribution is 5.98. The first-order valence-corrected chi connectivity index (χ1v) is 9.06. The van der Waals surface area contributed by atoms with Gasteiger partial charge in [0.1, 0.15) is 5.75 Å². The number of rotatable bonds is 2. The van der Waals surface area contributed by atoms with Crippen LogP contribution in [-0.4, -0.2) is 12.4 Å². The Bertz CT molecular complexity index is 613. The van der Waals surface area contributed by atoms with Crippen molar-refractivity contribution < 1.29 is 9.53 Å². The summed E-state index contributed by atoms with van der Waals surface area (Å²) in [5, 5.41) is 0. The van der Waals surface area contributed by atoms with Crippen molar-refractivity contribution in [3.05, 3.63) is 28.8 Å². The van der Waals surface area contributed by atoms with Gasteiger partial charge < -0.3 is 4.74 Å². The Balaban J connectivity index is 2.06. The van der Waals surface area contributed by atoms with E-state index in [1.807, 2.05) is 0 Å². The second-order valence-corrected chi connectivity index (χ2v) is 9.02. The maximum Gasteiger partial charge on any atom is 0.165 e. The van der Waals surface area contributed by atoms with Crippen LogP contribution in [0.1, 0.15) is 88.2 Å². The van der Waals surface area contributed by atoms with Crippen molar-refractivity contribution in [3.8, 4) is 5.75 Å². The van der Waals surface area contributed by atoms with Crippen LogP contribution < -0.4 is 4.74 Å². The molecule has 0 atom stereocenters. The predicted octanol–water partition coefficient (Wildman–Crippen LogP) is 5.42. The Labute approximate surface area is 140 Å². The van der Waals surface area contributed by atoms with Crippen LogP contribution in [-0.2, 0) is 10.8 Å². The fourth-order valence-electron chi connectivity index (χ4n) is 3.92. The highest BCUT2D eigenvalue weighted by Gasteiger charge is 2.37. The topological polar surface area (TPSA) is 26.3 Å². The number of fused-ring (bicyclic) bond motifs is 1. The highest BCUT2D eigenvalue weighted by Crippen LogP contribution is 2.45. The van der Waals surface area contributed by atoms with Gasteiger partial charge in [-0.05, 0) is 30.4 Å². The van der Waals surface area contributed by atoms with E-state index in [9.17, 15) is 4.79 Å². The van der Waals surface area contributed by atoms with Crippen LogP contribution in [0.3, 0.4) is 0 Å². The van der Waals surface area contributed by atoms with Gasteiger partial charge in [-0.15, -0.1) is 0 Å². The molecule has 2 aliphatic rings. The maximum atomic E-state index is 13.0. The summed E-state index contributed by atoms with van der Waals surface area (Å²) < 4.78 is 6.04. The maximum absolute atomic E-state index is 13.0. The lowest BCUT2D eigenvalue weighted by molar-refractivity contribution is 0.0889. The van der Waals surface area contributed by atoms with E-state index in [0.29, 0.717) is 12.4 Å². The van der Waals surface area contributed by atoms with Crippen molar-refractivity contribution in [1.82, 2.24) is 0 Å². The van der Waals surface area contributed by atoms with Gasteiger partial charge >= 0.3 is 0 Å². The highest BCUT2D eigenvalue weighted by atomic mass is 16.5. The van der Waals surface area contributed by atoms with Crippen molar-refractivity contribution >= 4 is 5.78 Å². The minimum atomic E-state index is -0.0205. The lowest BCUT2D eigenvalue weighted by Crippen LogP contribution is -2.21. The Morgan fingerprint density at radius 2 is 1.78 bits per heavy atom. The van der Waals surface area contributed by atoms with E-state index in [4.69, 9.17) is 4.74 Å². The monoisotopic (exact) mass is 314 g/mol. The third-order valence-electron chi connectivity index (χ3n) is 5.46. The van der Waals surface area contributed by atoms with Crippen molar-refractivity contribution in [2.45, 2.75) is 77.6 Å². The Morgan fingerprint density at radius 3 is 2.39 bits per heavy atom. The molecule has 1 aromatic rings. The molecule has 23 heavy (non-hydrogen) atoms. The molecule has 0 unspecified atom stereocenters. The SMILES string of the molecule is CC(C)(C)c1cc(C(=O)C2CCCCC2)cc2c1OCC2(C)C. The minimum Gasteiger partial charge on any atom is -0.492 e. The number of carbonyl (C=O) groups is 1. The average molecular weight is 314 g/mol. The van der Waals surface area contributed by atoms with Gasteiger partial charge in [-0.2, -0.15) is 0 Å². The molecule has 0 saturated heterocycles. The number of ketones is 1. The number of ether oxygens (including phenoxy) is 1. The van der Waals surface area contributed by atoms with E-state index < -0.39 is 0 Å². The molecule has 1 heterocycles. The predicted molar refractivity (Wildman–Crippen MR) is 94.6 cm³/mol. The second kappa shape index (κ2) is 5.65. The van der Waals surface area contributed by atoms with Gasteiger partial charge in [-0.1, -0.05) is 53.9 Å². The van der Waals surface area contributed by atoms with Crippen LogP contribution in [0.25, 0.3) is 0 Å². The van der Waals surface area contributed by atoms with E-state index in [1.165, 1.54) is 30.4 Å². The van der Waals surface area contributed by atoms with Gasteiger partial charge in [0.2, 0.25) is 0 Å². The standard InChI is InChI=1S/C21H30O2/c1-20(2,3)16-11-15(18(22)14-9-7-6-8-10-14)12-17-19(16)23-13-21(17,4)5/h11-12,14H,6-10,13H2,1-5H3. The number of hydrogen-bond donors (Lipinski definition) is 0. The van der Waals surface area contributed by atoms with Gasteiger partial charge in [0, 0.05) is 28.0 Å². The Kier molecular flexibility index (Phi) is 4.06. The normalized spacial score (nSPS) is 20.9. The lowest BCUT2D eigenvalue weighted by Gasteiger charge is -2.26. The van der Waals surface area contributed by atoms with Crippen LogP contribution in [0.4, 0.5) is 0 Å². The molecule has 1 fully saturated rings. The quantitative estimate of drug-likeness (QED) is 0.682. The first-order valence-electron chi connectivity index (χ1n) is 9.06. The molecule has 1 aliphatic heterocycles. The van der Waals surface area contributed by atoms with Gasteiger partial charge in [0.15, 0.2) is 5.78 Å². The third kappa shape index (κ3) is 3.05. The summed E-state index contributed by atoms with van der Waals surface area (Å²) >= 11 is 0. The second-order valence-electron chi connectivity index (χ2n) is 9.02. The van der Waals surface area contributed by atoms with E-state index >= 15 is 0 Å². The van der Waals surface area contributed by atoms with Crippen LogP contribution >= 0.6 is 0 Å². The molecule has 0 aromatic heterocycles. The van der Waals surface area contributed by atoms with Crippen LogP contribution in [0.2, 0.25) is 0 Å². The van der Waals surface area contributed by atoms with E-state index in [2.05, 4.69) is 46.8 Å². The first kappa shape index (κ1) is 16.5. The third-order valence-corrected chi connectivity index (χ3v) is 5.46. The molecular formula is C21H30O2. The largest absolute Gasteiger partial charge is 0.492 e. The van der Waals surface area contributed by atoms with Gasteiger partial charge in [-0.25, -0.2) is 0 Å². The molecular weight excluding hydrogens is 284 g/mol. The number of Topliss-reactive ketones (excluding diaryl/α,β-unsaturated/α-hetero) is 1. The summed E-state index contributed by atoms with van der Waals surface area (Å²) in [5.41, 5.74) is 3.26. The molecule has 0 radical (unpaired) electrons. The summed E-state index contributed by atoms with van der Waals surface area (Å²) in [6.07, 6.45) is 5.79. The number of hydrogen-bond acceptors (Lipinski definition) is 2. The number of benzene rings is 1. The molecule has 0 amide bonds. The lowest BCUT2D eigenvalue weighted by atomic mass is 9.77. The molecule has 2 heteroatoms. The van der Waals surface area contributed by atoms with Crippen molar-refractivity contribution in [1.29, 1.82) is 0 Å². The fraction of sp³-hybridized carbons (Fsp3) is 0.667. The van der Waals surface area contributed by atoms with E-state index in [1.54, 1.807) is 0 Å². The summed E-state index contributed by atoms with van der Waals surface area (Å²) in [7, 11) is 0. The van der Waals surface area contributed by atoms with Crippen LogP contribution in [0.15, 0.2) is 12.1 Å². The molecule has 126 valence electrons. The molecule has 0 spiro atoms. The Morgan fingerprint density at radius 1 is 1.13 bits per heavy atom. The zero-order valence-corrected chi connectivity index (χ0v) is 15.3. The van der Waals surface area contributed by atoms with Crippen molar-refractivity contribution in [2.24, 2.45) is 5.92 Å². The summed E-state index contributed by atoms with van der Waals surface area (Å²) in [6, 6.07) is 4.23. The summed E-state index contributed by atoms with van der Waals surface area (Å²) in [5.74, 6) is 1.59. The summed E-state index contributed by atoms with van der Waals surface area (Å²) in [6.45, 7) is 11.7. The molecule has 1 saturated carbocycles. The first-order chi connectivity index (χ1) is 10.7. The van der Waals surface area contributed by atoms with Crippen molar-refractivity contribution in [2.75, 3.05) is 6.61 Å². The molecule has 2 nitrogen and oxygen atoms in total. The Hall–Kier alpha value is -1.31. The zero-order valence-electron chi connectivity index (χ0n) is 15.3. The van der Waals surface area contributed by atoms with E-state index in [0.717, 1.165) is 24.2 Å². The zero-order chi connectivity index (χ0) is 16.8. The smallest absolute Gasteiger partial charge is 0.165 e. The average Bonchev–Trinajstić information content (AvgIpc) is 2.81. The summed E-state index contributed by atoms with van der Waals surface area (Å²) in [4.78, 5) is 13.0. The van der Waals surface area contributed by atoms with Crippen LogP contribution in [0, 0.1) is 5.92 Å². The molecule has 0 N–H and O–H groups in total. The fourth-order valence-corrected chi connectivity index (χ4v) is 3.92.